The van der Waals surface area contributed by atoms with Crippen molar-refractivity contribution >= 4 is 50.0 Å². The molecule has 1 aromatic carbocycles. The molecule has 3 rings (SSSR count). The molecule has 3 aromatic rings. The molecule has 5 heteroatoms. The van der Waals surface area contributed by atoms with E-state index in [9.17, 15) is 9.59 Å². The van der Waals surface area contributed by atoms with Gasteiger partial charge in [-0.3, -0.25) is 9.59 Å². The lowest BCUT2D eigenvalue weighted by Crippen LogP contribution is -2.09. The molecule has 0 fully saturated rings. The number of hydrogen-bond acceptors (Lipinski definition) is 4. The van der Waals surface area contributed by atoms with E-state index in [1.807, 2.05) is 17.5 Å². The Balaban J connectivity index is 1.80. The molecule has 0 radical (unpaired) electrons. The van der Waals surface area contributed by atoms with Crippen molar-refractivity contribution in [2.45, 2.75) is 0 Å². The maximum Gasteiger partial charge on any atom is 0.265 e. The molecule has 3 nitrogen and oxygen atoms in total. The first-order valence-electron chi connectivity index (χ1n) is 5.60. The first-order chi connectivity index (χ1) is 9.26. The minimum absolute atomic E-state index is 0.118. The Hall–Kier alpha value is -1.98. The number of anilines is 1. The van der Waals surface area contributed by atoms with E-state index in [4.69, 9.17) is 0 Å². The summed E-state index contributed by atoms with van der Waals surface area (Å²) in [5, 5.41) is 4.84. The molecule has 0 aliphatic heterocycles. The largest absolute Gasteiger partial charge is 0.321 e. The molecule has 0 unspecified atom stereocenters. The fraction of sp³-hybridized carbons (Fsp3) is 0. The zero-order chi connectivity index (χ0) is 13.2. The minimum Gasteiger partial charge on any atom is -0.321 e. The van der Waals surface area contributed by atoms with E-state index in [1.165, 1.54) is 11.3 Å². The first kappa shape index (κ1) is 12.1. The van der Waals surface area contributed by atoms with Crippen molar-refractivity contribution in [1.29, 1.82) is 0 Å². The second kappa shape index (κ2) is 4.95. The normalized spacial score (nSPS) is 10.5. The quantitative estimate of drug-likeness (QED) is 0.739. The van der Waals surface area contributed by atoms with E-state index in [2.05, 4.69) is 5.32 Å². The first-order valence-corrected chi connectivity index (χ1v) is 7.29. The Kier molecular flexibility index (Phi) is 3.15. The molecule has 0 spiro atoms. The second-order valence-corrected chi connectivity index (χ2v) is 5.99. The van der Waals surface area contributed by atoms with Crippen molar-refractivity contribution in [3.63, 3.8) is 0 Å². The third-order valence-corrected chi connectivity index (χ3v) is 4.76. The van der Waals surface area contributed by atoms with Crippen LogP contribution in [0.25, 0.3) is 9.40 Å². The van der Waals surface area contributed by atoms with E-state index in [-0.39, 0.29) is 5.91 Å². The van der Waals surface area contributed by atoms with Gasteiger partial charge in [0.15, 0.2) is 0 Å². The lowest BCUT2D eigenvalue weighted by atomic mass is 10.2. The van der Waals surface area contributed by atoms with Gasteiger partial charge in [0.25, 0.3) is 5.91 Å². The molecule has 0 aliphatic rings. The van der Waals surface area contributed by atoms with Crippen LogP contribution in [0.2, 0.25) is 0 Å². The van der Waals surface area contributed by atoms with Gasteiger partial charge in [0.2, 0.25) is 0 Å². The molecular formula is C14H9NO2S2. The Morgan fingerprint density at radius 1 is 1.11 bits per heavy atom. The smallest absolute Gasteiger partial charge is 0.265 e. The zero-order valence-electron chi connectivity index (χ0n) is 9.75. The number of rotatable bonds is 3. The Bertz CT molecular complexity index is 712. The highest BCUT2D eigenvalue weighted by molar-refractivity contribution is 7.27. The fourth-order valence-corrected chi connectivity index (χ4v) is 3.72. The van der Waals surface area contributed by atoms with Gasteiger partial charge in [-0.05, 0) is 41.8 Å². The lowest BCUT2D eigenvalue weighted by Gasteiger charge is -2.03. The third kappa shape index (κ3) is 2.43. The second-order valence-electron chi connectivity index (χ2n) is 3.95. The Labute approximate surface area is 117 Å². The van der Waals surface area contributed by atoms with Gasteiger partial charge in [0.05, 0.1) is 4.88 Å². The van der Waals surface area contributed by atoms with Crippen molar-refractivity contribution in [3.05, 3.63) is 52.2 Å². The molecule has 0 bridgehead atoms. The van der Waals surface area contributed by atoms with E-state index in [0.29, 0.717) is 16.1 Å². The maximum absolute atomic E-state index is 12.1. The zero-order valence-corrected chi connectivity index (χ0v) is 11.4. The van der Waals surface area contributed by atoms with Crippen LogP contribution < -0.4 is 5.32 Å². The number of aldehydes is 1. The summed E-state index contributed by atoms with van der Waals surface area (Å²) < 4.78 is 2.26. The van der Waals surface area contributed by atoms with E-state index in [1.54, 1.807) is 35.6 Å². The van der Waals surface area contributed by atoms with Gasteiger partial charge in [0.1, 0.15) is 6.29 Å². The van der Waals surface area contributed by atoms with E-state index in [0.717, 1.165) is 15.7 Å². The monoisotopic (exact) mass is 287 g/mol. The summed E-state index contributed by atoms with van der Waals surface area (Å²) in [7, 11) is 0. The summed E-state index contributed by atoms with van der Waals surface area (Å²) in [5.41, 5.74) is 1.28. The van der Waals surface area contributed by atoms with Crippen LogP contribution >= 0.6 is 22.7 Å². The number of carbonyl (C=O) groups excluding carboxylic acids is 2. The lowest BCUT2D eigenvalue weighted by molar-refractivity contribution is 0.103. The molecule has 2 aromatic heterocycles. The Morgan fingerprint density at radius 2 is 1.89 bits per heavy atom. The van der Waals surface area contributed by atoms with Crippen LogP contribution in [-0.2, 0) is 0 Å². The van der Waals surface area contributed by atoms with Gasteiger partial charge in [0, 0.05) is 20.7 Å². The molecule has 1 amide bonds. The topological polar surface area (TPSA) is 46.2 Å². The highest BCUT2D eigenvalue weighted by Gasteiger charge is 2.11. The van der Waals surface area contributed by atoms with Crippen LogP contribution in [0.4, 0.5) is 5.69 Å². The van der Waals surface area contributed by atoms with Crippen LogP contribution in [0.3, 0.4) is 0 Å². The molecule has 1 N–H and O–H groups in total. The SMILES string of the molecule is O=Cc1ccc(NC(=O)c2cc3sccc3s2)cc1. The van der Waals surface area contributed by atoms with Crippen LogP contribution in [0, 0.1) is 0 Å². The van der Waals surface area contributed by atoms with Gasteiger partial charge in [-0.2, -0.15) is 0 Å². The summed E-state index contributed by atoms with van der Waals surface area (Å²) in [6.45, 7) is 0. The summed E-state index contributed by atoms with van der Waals surface area (Å²) in [6.07, 6.45) is 0.777. The van der Waals surface area contributed by atoms with Crippen molar-refractivity contribution in [1.82, 2.24) is 0 Å². The van der Waals surface area contributed by atoms with Crippen molar-refractivity contribution in [2.24, 2.45) is 0 Å². The molecular weight excluding hydrogens is 278 g/mol. The van der Waals surface area contributed by atoms with Gasteiger partial charge < -0.3 is 5.32 Å². The highest BCUT2D eigenvalue weighted by Crippen LogP contribution is 2.30. The summed E-state index contributed by atoms with van der Waals surface area (Å²) in [5.74, 6) is -0.118. The molecule has 2 heterocycles. The third-order valence-electron chi connectivity index (χ3n) is 2.67. The van der Waals surface area contributed by atoms with E-state index < -0.39 is 0 Å². The predicted octanol–water partition coefficient (Wildman–Crippen LogP) is 4.03. The molecule has 0 atom stereocenters. The van der Waals surface area contributed by atoms with Crippen LogP contribution in [0.5, 0.6) is 0 Å². The van der Waals surface area contributed by atoms with Gasteiger partial charge >= 0.3 is 0 Å². The maximum atomic E-state index is 12.1. The van der Waals surface area contributed by atoms with Gasteiger partial charge in [-0.15, -0.1) is 22.7 Å². The number of thiophene rings is 2. The number of nitrogens with one attached hydrogen (secondary N) is 1. The number of carbonyl (C=O) groups is 2. The van der Waals surface area contributed by atoms with Crippen LogP contribution in [0.15, 0.2) is 41.8 Å². The van der Waals surface area contributed by atoms with Crippen molar-refractivity contribution in [3.8, 4) is 0 Å². The van der Waals surface area contributed by atoms with Crippen molar-refractivity contribution in [2.75, 3.05) is 5.32 Å². The number of fused-ring (bicyclic) bond motifs is 1. The number of amides is 1. The minimum atomic E-state index is -0.118. The predicted molar refractivity (Wildman–Crippen MR) is 79.5 cm³/mol. The van der Waals surface area contributed by atoms with Crippen LogP contribution in [-0.4, -0.2) is 12.2 Å². The summed E-state index contributed by atoms with van der Waals surface area (Å²) in [6, 6.07) is 10.7. The molecule has 94 valence electrons. The Morgan fingerprint density at radius 3 is 2.58 bits per heavy atom. The average molecular weight is 287 g/mol. The summed E-state index contributed by atoms with van der Waals surface area (Å²) in [4.78, 5) is 23.3. The van der Waals surface area contributed by atoms with Gasteiger partial charge in [-0.1, -0.05) is 0 Å². The number of benzene rings is 1. The average Bonchev–Trinajstić information content (AvgIpc) is 3.00. The van der Waals surface area contributed by atoms with Crippen LogP contribution in [0.1, 0.15) is 20.0 Å². The molecule has 0 aliphatic carbocycles. The standard InChI is InChI=1S/C14H9NO2S2/c16-8-9-1-3-10(4-2-9)15-14(17)13-7-12-11(19-13)5-6-18-12/h1-8H,(H,15,17). The molecule has 0 saturated carbocycles. The number of hydrogen-bond donors (Lipinski definition) is 1. The highest BCUT2D eigenvalue weighted by atomic mass is 32.1. The van der Waals surface area contributed by atoms with Crippen molar-refractivity contribution < 1.29 is 9.59 Å². The summed E-state index contributed by atoms with van der Waals surface area (Å²) >= 11 is 3.11. The fourth-order valence-electron chi connectivity index (χ4n) is 1.72. The van der Waals surface area contributed by atoms with Gasteiger partial charge in [-0.25, -0.2) is 0 Å². The molecule has 0 saturated heterocycles. The molecule has 19 heavy (non-hydrogen) atoms. The van der Waals surface area contributed by atoms with E-state index >= 15 is 0 Å².